The van der Waals surface area contributed by atoms with Crippen molar-refractivity contribution in [1.82, 2.24) is 10.0 Å². The molecule has 34 heavy (non-hydrogen) atoms. The number of carbonyl (C=O) groups excluding carboxylic acids is 3. The second-order valence-electron chi connectivity index (χ2n) is 7.15. The van der Waals surface area contributed by atoms with E-state index in [1.165, 1.54) is 24.3 Å². The topological polar surface area (TPSA) is 122 Å². The molecule has 1 saturated heterocycles. The standard InChI is InChI=1S/C20H20ClF2N3O6S2/c1-32-20(29)11(10-24-19(28)13-7-8-15(21)33-13)25-34(30,31)14-5-2-4-12(17(14)18(22)23)26-9-3-6-16(26)27/h2,4-5,7-8,11,18,25H,3,6,9-10H2,1H3,(H,24,28)/t11-/m0/s1. The van der Waals surface area contributed by atoms with Gasteiger partial charge in [-0.05, 0) is 30.7 Å². The molecule has 0 radical (unpaired) electrons. The molecule has 184 valence electrons. The fourth-order valence-electron chi connectivity index (χ4n) is 3.41. The van der Waals surface area contributed by atoms with Crippen LogP contribution in [0.25, 0.3) is 0 Å². The maximum Gasteiger partial charge on any atom is 0.325 e. The molecular weight excluding hydrogens is 516 g/mol. The number of nitrogens with one attached hydrogen (secondary N) is 2. The van der Waals surface area contributed by atoms with Crippen LogP contribution in [-0.4, -0.2) is 52.4 Å². The lowest BCUT2D eigenvalue weighted by Gasteiger charge is -2.23. The van der Waals surface area contributed by atoms with Crippen molar-refractivity contribution in [3.63, 3.8) is 0 Å². The summed E-state index contributed by atoms with van der Waals surface area (Å²) in [5, 5.41) is 2.38. The second kappa shape index (κ2) is 10.8. The first-order chi connectivity index (χ1) is 16.0. The third kappa shape index (κ3) is 5.71. The van der Waals surface area contributed by atoms with E-state index in [9.17, 15) is 31.6 Å². The fraction of sp³-hybridized carbons (Fsp3) is 0.350. The molecule has 1 fully saturated rings. The van der Waals surface area contributed by atoms with Gasteiger partial charge in [0.2, 0.25) is 15.9 Å². The van der Waals surface area contributed by atoms with E-state index in [1.807, 2.05) is 4.72 Å². The van der Waals surface area contributed by atoms with Crippen molar-refractivity contribution in [2.45, 2.75) is 30.2 Å². The molecule has 1 aliphatic heterocycles. The number of methoxy groups -OCH3 is 1. The van der Waals surface area contributed by atoms with Crippen molar-refractivity contribution in [2.75, 3.05) is 25.1 Å². The summed E-state index contributed by atoms with van der Waals surface area (Å²) < 4.78 is 61.1. The normalized spacial score (nSPS) is 15.0. The van der Waals surface area contributed by atoms with Crippen LogP contribution < -0.4 is 14.9 Å². The zero-order valence-electron chi connectivity index (χ0n) is 17.7. The molecule has 3 rings (SSSR count). The van der Waals surface area contributed by atoms with Crippen LogP contribution in [0.15, 0.2) is 35.2 Å². The molecule has 1 atom stereocenters. The average molecular weight is 536 g/mol. The first-order valence-electron chi connectivity index (χ1n) is 9.90. The van der Waals surface area contributed by atoms with Gasteiger partial charge in [-0.25, -0.2) is 17.2 Å². The highest BCUT2D eigenvalue weighted by atomic mass is 35.5. The van der Waals surface area contributed by atoms with Gasteiger partial charge in [0, 0.05) is 19.5 Å². The predicted octanol–water partition coefficient (Wildman–Crippen LogP) is 2.72. The zero-order chi connectivity index (χ0) is 25.0. The minimum Gasteiger partial charge on any atom is -0.468 e. The summed E-state index contributed by atoms with van der Waals surface area (Å²) in [4.78, 5) is 37.1. The molecule has 2 heterocycles. The number of anilines is 1. The first-order valence-corrected chi connectivity index (χ1v) is 12.6. The summed E-state index contributed by atoms with van der Waals surface area (Å²) in [6.07, 6.45) is -2.61. The number of hydrogen-bond acceptors (Lipinski definition) is 7. The van der Waals surface area contributed by atoms with Crippen LogP contribution in [0.1, 0.15) is 34.5 Å². The van der Waals surface area contributed by atoms with Gasteiger partial charge in [0.15, 0.2) is 0 Å². The van der Waals surface area contributed by atoms with Crippen LogP contribution >= 0.6 is 22.9 Å². The molecule has 0 aliphatic carbocycles. The van der Waals surface area contributed by atoms with Gasteiger partial charge in [-0.15, -0.1) is 11.3 Å². The zero-order valence-corrected chi connectivity index (χ0v) is 20.1. The van der Waals surface area contributed by atoms with Crippen molar-refractivity contribution >= 4 is 56.4 Å². The van der Waals surface area contributed by atoms with Crippen LogP contribution in [0.2, 0.25) is 4.34 Å². The van der Waals surface area contributed by atoms with E-state index in [0.29, 0.717) is 10.8 Å². The van der Waals surface area contributed by atoms with Crippen LogP contribution in [0.3, 0.4) is 0 Å². The lowest BCUT2D eigenvalue weighted by molar-refractivity contribution is -0.142. The van der Waals surface area contributed by atoms with Gasteiger partial charge in [-0.1, -0.05) is 17.7 Å². The number of ether oxygens (including phenoxy) is 1. The highest BCUT2D eigenvalue weighted by molar-refractivity contribution is 7.89. The second-order valence-corrected chi connectivity index (χ2v) is 10.5. The van der Waals surface area contributed by atoms with Crippen LogP contribution in [-0.2, 0) is 24.3 Å². The number of esters is 1. The molecule has 0 unspecified atom stereocenters. The van der Waals surface area contributed by atoms with Gasteiger partial charge in [-0.2, -0.15) is 4.72 Å². The first kappa shape index (κ1) is 26.0. The van der Waals surface area contributed by atoms with E-state index in [-0.39, 0.29) is 23.5 Å². The molecule has 1 aromatic carbocycles. The molecular formula is C20H20ClF2N3O6S2. The highest BCUT2D eigenvalue weighted by Gasteiger charge is 2.34. The Bertz CT molecular complexity index is 1200. The summed E-state index contributed by atoms with van der Waals surface area (Å²) in [6.45, 7) is -0.340. The highest BCUT2D eigenvalue weighted by Crippen LogP contribution is 2.37. The lowest BCUT2D eigenvalue weighted by Crippen LogP contribution is -2.49. The number of nitrogens with zero attached hydrogens (tertiary/aromatic N) is 1. The third-order valence-corrected chi connectivity index (χ3v) is 7.72. The van der Waals surface area contributed by atoms with E-state index in [2.05, 4.69) is 10.1 Å². The maximum atomic E-state index is 14.0. The molecule has 0 spiro atoms. The Morgan fingerprint density at radius 2 is 2.00 bits per heavy atom. The quantitative estimate of drug-likeness (QED) is 0.476. The SMILES string of the molecule is COC(=O)[C@H](CNC(=O)c1ccc(Cl)s1)NS(=O)(=O)c1cccc(N2CCCC2=O)c1C(F)F. The molecule has 2 N–H and O–H groups in total. The van der Waals surface area contributed by atoms with Crippen LogP contribution in [0.4, 0.5) is 14.5 Å². The Kier molecular flexibility index (Phi) is 8.23. The monoisotopic (exact) mass is 535 g/mol. The number of amides is 2. The smallest absolute Gasteiger partial charge is 0.325 e. The van der Waals surface area contributed by atoms with Gasteiger partial charge >= 0.3 is 5.97 Å². The Balaban J connectivity index is 1.89. The fourth-order valence-corrected chi connectivity index (χ4v) is 5.79. The molecule has 1 aromatic heterocycles. The maximum absolute atomic E-state index is 14.0. The third-order valence-electron chi connectivity index (χ3n) is 4.96. The van der Waals surface area contributed by atoms with Crippen molar-refractivity contribution in [2.24, 2.45) is 0 Å². The summed E-state index contributed by atoms with van der Waals surface area (Å²) in [7, 11) is -3.70. The molecule has 1 aliphatic rings. The van der Waals surface area contributed by atoms with E-state index in [0.717, 1.165) is 29.4 Å². The van der Waals surface area contributed by atoms with E-state index in [4.69, 9.17) is 11.6 Å². The summed E-state index contributed by atoms with van der Waals surface area (Å²) >= 11 is 6.76. The number of hydrogen-bond donors (Lipinski definition) is 2. The van der Waals surface area contributed by atoms with Gasteiger partial charge in [-0.3, -0.25) is 14.4 Å². The Morgan fingerprint density at radius 3 is 2.56 bits per heavy atom. The van der Waals surface area contributed by atoms with E-state index in [1.54, 1.807) is 0 Å². The van der Waals surface area contributed by atoms with Crippen molar-refractivity contribution < 1.29 is 36.3 Å². The van der Waals surface area contributed by atoms with E-state index >= 15 is 0 Å². The van der Waals surface area contributed by atoms with Crippen molar-refractivity contribution in [1.29, 1.82) is 0 Å². The Hall–Kier alpha value is -2.61. The summed E-state index contributed by atoms with van der Waals surface area (Å²) in [6, 6.07) is 4.75. The minimum atomic E-state index is -4.71. The lowest BCUT2D eigenvalue weighted by atomic mass is 10.1. The largest absolute Gasteiger partial charge is 0.468 e. The van der Waals surface area contributed by atoms with Crippen molar-refractivity contribution in [3.8, 4) is 0 Å². The number of rotatable bonds is 9. The number of sulfonamides is 1. The number of alkyl halides is 2. The molecule has 0 bridgehead atoms. The van der Waals surface area contributed by atoms with Gasteiger partial charge < -0.3 is 15.0 Å². The predicted molar refractivity (Wildman–Crippen MR) is 121 cm³/mol. The van der Waals surface area contributed by atoms with Crippen LogP contribution in [0, 0.1) is 0 Å². The molecule has 9 nitrogen and oxygen atoms in total. The van der Waals surface area contributed by atoms with Gasteiger partial charge in [0.1, 0.15) is 6.04 Å². The van der Waals surface area contributed by atoms with E-state index < -0.39 is 57.3 Å². The Labute approximate surface area is 203 Å². The minimum absolute atomic E-state index is 0.164. The Morgan fingerprint density at radius 1 is 1.26 bits per heavy atom. The average Bonchev–Trinajstić information content (AvgIpc) is 3.43. The van der Waals surface area contributed by atoms with Gasteiger partial charge in [0.25, 0.3) is 12.3 Å². The van der Waals surface area contributed by atoms with Crippen molar-refractivity contribution in [3.05, 3.63) is 45.1 Å². The molecule has 0 saturated carbocycles. The molecule has 14 heteroatoms. The summed E-state index contributed by atoms with van der Waals surface area (Å²) in [5.74, 6) is -2.06. The number of benzene rings is 1. The number of carbonyl (C=O) groups is 3. The molecule has 2 amide bonds. The van der Waals surface area contributed by atoms with Gasteiger partial charge in [0.05, 0.1) is 32.5 Å². The number of thiophene rings is 1. The van der Waals surface area contributed by atoms with Crippen LogP contribution in [0.5, 0.6) is 0 Å². The number of halogens is 3. The molecule has 2 aromatic rings. The summed E-state index contributed by atoms with van der Waals surface area (Å²) in [5.41, 5.74) is -1.07.